The highest BCUT2D eigenvalue weighted by Crippen LogP contribution is 2.28. The van der Waals surface area contributed by atoms with Crippen molar-refractivity contribution in [2.45, 2.75) is 19.3 Å². The predicted molar refractivity (Wildman–Crippen MR) is 79.5 cm³/mol. The number of ether oxygens (including phenoxy) is 1. The summed E-state index contributed by atoms with van der Waals surface area (Å²) in [6, 6.07) is 13.1. The summed E-state index contributed by atoms with van der Waals surface area (Å²) in [6.45, 7) is -0.106. The molecule has 0 unspecified atom stereocenters. The van der Waals surface area contributed by atoms with Crippen LogP contribution in [0.1, 0.15) is 16.7 Å². The minimum atomic E-state index is -4.41. The molecule has 0 bridgehead atoms. The van der Waals surface area contributed by atoms with Crippen LogP contribution in [0.15, 0.2) is 54.6 Å². The normalized spacial score (nSPS) is 11.0. The Hall–Kier alpha value is -2.83. The van der Waals surface area contributed by atoms with Gasteiger partial charge in [0, 0.05) is 6.54 Å². The molecule has 2 aromatic rings. The fourth-order valence-corrected chi connectivity index (χ4v) is 1.85. The van der Waals surface area contributed by atoms with Gasteiger partial charge in [-0.25, -0.2) is 4.79 Å². The van der Waals surface area contributed by atoms with E-state index in [1.54, 1.807) is 24.3 Å². The monoisotopic (exact) mass is 337 g/mol. The Kier molecular flexibility index (Phi) is 5.57. The van der Waals surface area contributed by atoms with Gasteiger partial charge in [-0.2, -0.15) is 13.2 Å². The molecule has 24 heavy (non-hydrogen) atoms. The second-order valence-electron chi connectivity index (χ2n) is 4.94. The summed E-state index contributed by atoms with van der Waals surface area (Å²) in [7, 11) is 0. The molecule has 0 aliphatic carbocycles. The smallest absolute Gasteiger partial charge is 0.416 e. The van der Waals surface area contributed by atoms with Gasteiger partial charge in [0.2, 0.25) is 0 Å². The lowest BCUT2D eigenvalue weighted by Gasteiger charge is -2.08. The van der Waals surface area contributed by atoms with Gasteiger partial charge in [0.05, 0.1) is 5.56 Å². The van der Waals surface area contributed by atoms with Crippen molar-refractivity contribution in [3.8, 4) is 0 Å². The van der Waals surface area contributed by atoms with Gasteiger partial charge in [-0.05, 0) is 23.3 Å². The van der Waals surface area contributed by atoms with Crippen molar-refractivity contribution in [2.24, 2.45) is 0 Å². The molecule has 0 heterocycles. The fraction of sp³-hybridized carbons (Fsp3) is 0.176. The third-order valence-electron chi connectivity index (χ3n) is 3.13. The van der Waals surface area contributed by atoms with E-state index in [0.717, 1.165) is 17.7 Å². The third-order valence-corrected chi connectivity index (χ3v) is 3.13. The van der Waals surface area contributed by atoms with Gasteiger partial charge in [-0.3, -0.25) is 4.79 Å². The summed E-state index contributed by atoms with van der Waals surface area (Å²) in [5.74, 6) is -2.00. The van der Waals surface area contributed by atoms with E-state index in [9.17, 15) is 22.8 Å². The van der Waals surface area contributed by atoms with Crippen molar-refractivity contribution in [3.63, 3.8) is 0 Å². The molecule has 0 aromatic heterocycles. The number of esters is 1. The number of amides is 1. The summed E-state index contributed by atoms with van der Waals surface area (Å²) >= 11 is 0. The Morgan fingerprint density at radius 3 is 2.12 bits per heavy atom. The van der Waals surface area contributed by atoms with Crippen LogP contribution in [0.4, 0.5) is 13.2 Å². The molecule has 0 saturated carbocycles. The lowest BCUT2D eigenvalue weighted by atomic mass is 10.1. The van der Waals surface area contributed by atoms with Gasteiger partial charge in [-0.1, -0.05) is 42.5 Å². The minimum absolute atomic E-state index is 0.0344. The molecule has 0 fully saturated rings. The Labute approximate surface area is 136 Å². The average molecular weight is 337 g/mol. The van der Waals surface area contributed by atoms with E-state index < -0.39 is 23.6 Å². The van der Waals surface area contributed by atoms with E-state index in [2.05, 4.69) is 5.32 Å². The molecule has 0 aliphatic rings. The maximum absolute atomic E-state index is 12.4. The van der Waals surface area contributed by atoms with Crippen molar-refractivity contribution >= 4 is 11.9 Å². The van der Waals surface area contributed by atoms with Crippen LogP contribution in [0.25, 0.3) is 0 Å². The van der Waals surface area contributed by atoms with Crippen molar-refractivity contribution < 1.29 is 27.5 Å². The number of hydrogen-bond acceptors (Lipinski definition) is 3. The Morgan fingerprint density at radius 1 is 0.917 bits per heavy atom. The number of carbonyl (C=O) groups is 2. The van der Waals surface area contributed by atoms with Gasteiger partial charge >= 0.3 is 18.1 Å². The van der Waals surface area contributed by atoms with Gasteiger partial charge in [-0.15, -0.1) is 0 Å². The zero-order valence-corrected chi connectivity index (χ0v) is 12.5. The summed E-state index contributed by atoms with van der Waals surface area (Å²) in [4.78, 5) is 23.1. The summed E-state index contributed by atoms with van der Waals surface area (Å²) in [5.41, 5.74) is 0.397. The molecule has 2 rings (SSSR count). The second kappa shape index (κ2) is 7.63. The van der Waals surface area contributed by atoms with Crippen molar-refractivity contribution in [2.75, 3.05) is 0 Å². The zero-order valence-electron chi connectivity index (χ0n) is 12.5. The molecule has 1 amide bonds. The number of halogens is 3. The molecule has 126 valence electrons. The molecular weight excluding hydrogens is 323 g/mol. The van der Waals surface area contributed by atoms with Crippen molar-refractivity contribution in [1.82, 2.24) is 5.32 Å². The summed E-state index contributed by atoms with van der Waals surface area (Å²) in [6.07, 6.45) is -4.41. The van der Waals surface area contributed by atoms with Crippen LogP contribution in [-0.2, 0) is 33.7 Å². The van der Waals surface area contributed by atoms with Crippen LogP contribution in [0.2, 0.25) is 0 Å². The first-order chi connectivity index (χ1) is 11.4. The topological polar surface area (TPSA) is 55.4 Å². The molecule has 0 radical (unpaired) electrons. The van der Waals surface area contributed by atoms with Gasteiger partial charge in [0.1, 0.15) is 6.61 Å². The summed E-state index contributed by atoms with van der Waals surface area (Å²) < 4.78 is 42.1. The highest BCUT2D eigenvalue weighted by atomic mass is 19.4. The van der Waals surface area contributed by atoms with Gasteiger partial charge in [0.15, 0.2) is 0 Å². The van der Waals surface area contributed by atoms with E-state index >= 15 is 0 Å². The number of alkyl halides is 3. The SMILES string of the molecule is O=C(NCc1ccc(C(F)(F)F)cc1)C(=O)OCc1ccccc1. The minimum Gasteiger partial charge on any atom is -0.454 e. The molecule has 2 aromatic carbocycles. The highest BCUT2D eigenvalue weighted by molar-refractivity contribution is 6.32. The van der Waals surface area contributed by atoms with Crippen molar-refractivity contribution in [3.05, 3.63) is 71.3 Å². The average Bonchev–Trinajstić information content (AvgIpc) is 2.58. The second-order valence-corrected chi connectivity index (χ2v) is 4.94. The number of hydrogen-bond donors (Lipinski definition) is 1. The summed E-state index contributed by atoms with van der Waals surface area (Å²) in [5, 5.41) is 2.30. The first kappa shape index (κ1) is 17.5. The number of carbonyl (C=O) groups excluding carboxylic acids is 2. The number of benzene rings is 2. The third kappa shape index (κ3) is 5.12. The van der Waals surface area contributed by atoms with E-state index in [-0.39, 0.29) is 13.2 Å². The fourth-order valence-electron chi connectivity index (χ4n) is 1.85. The molecule has 7 heteroatoms. The van der Waals surface area contributed by atoms with Crippen LogP contribution in [0.3, 0.4) is 0 Å². The van der Waals surface area contributed by atoms with Gasteiger partial charge in [0.25, 0.3) is 0 Å². The molecule has 0 atom stereocenters. The van der Waals surface area contributed by atoms with E-state index in [1.165, 1.54) is 12.1 Å². The van der Waals surface area contributed by atoms with E-state index in [4.69, 9.17) is 4.74 Å². The lowest BCUT2D eigenvalue weighted by molar-refractivity contribution is -0.155. The van der Waals surface area contributed by atoms with Crippen LogP contribution >= 0.6 is 0 Å². The van der Waals surface area contributed by atoms with E-state index in [0.29, 0.717) is 5.56 Å². The number of nitrogens with one attached hydrogen (secondary N) is 1. The highest BCUT2D eigenvalue weighted by Gasteiger charge is 2.29. The largest absolute Gasteiger partial charge is 0.454 e. The maximum atomic E-state index is 12.4. The molecule has 0 aliphatic heterocycles. The molecule has 1 N–H and O–H groups in total. The van der Waals surface area contributed by atoms with Crippen LogP contribution < -0.4 is 5.32 Å². The predicted octanol–water partition coefficient (Wildman–Crippen LogP) is 3.07. The Balaban J connectivity index is 1.81. The first-order valence-corrected chi connectivity index (χ1v) is 7.01. The molecule has 0 spiro atoms. The quantitative estimate of drug-likeness (QED) is 0.689. The molecular formula is C17H14F3NO3. The van der Waals surface area contributed by atoms with Crippen LogP contribution in [0.5, 0.6) is 0 Å². The van der Waals surface area contributed by atoms with Crippen LogP contribution in [-0.4, -0.2) is 11.9 Å². The number of rotatable bonds is 4. The zero-order chi connectivity index (χ0) is 17.6. The lowest BCUT2D eigenvalue weighted by Crippen LogP contribution is -2.32. The van der Waals surface area contributed by atoms with Gasteiger partial charge < -0.3 is 10.1 Å². The molecule has 0 saturated heterocycles. The standard InChI is InChI=1S/C17H14F3NO3/c18-17(19,20)14-8-6-12(7-9-14)10-21-15(22)16(23)24-11-13-4-2-1-3-5-13/h1-9H,10-11H2,(H,21,22). The van der Waals surface area contributed by atoms with Crippen molar-refractivity contribution in [1.29, 1.82) is 0 Å². The Morgan fingerprint density at radius 2 is 1.54 bits per heavy atom. The Bertz CT molecular complexity index is 697. The van der Waals surface area contributed by atoms with Crippen LogP contribution in [0, 0.1) is 0 Å². The first-order valence-electron chi connectivity index (χ1n) is 7.01. The van der Waals surface area contributed by atoms with E-state index in [1.807, 2.05) is 6.07 Å². The maximum Gasteiger partial charge on any atom is 0.416 e. The molecule has 4 nitrogen and oxygen atoms in total.